The first kappa shape index (κ1) is 15.9. The van der Waals surface area contributed by atoms with Crippen molar-refractivity contribution in [1.82, 2.24) is 14.8 Å². The lowest BCUT2D eigenvalue weighted by Gasteiger charge is -2.10. The molecular formula is C19H19N3O2. The molecule has 1 N–H and O–H groups in total. The standard InChI is InChI=1S/C19H19N3O2/c1-3-22-16(12-15-8-11-18(23)21-20-15)9-10-17(22)19(24)14-6-4-13(2)5-7-14/h4-11H,3,12H2,1-2H3,(H,21,23). The van der Waals surface area contributed by atoms with Crippen LogP contribution in [-0.4, -0.2) is 20.5 Å². The summed E-state index contributed by atoms with van der Waals surface area (Å²) in [6.07, 6.45) is 0.561. The predicted octanol–water partition coefficient (Wildman–Crippen LogP) is 2.72. The highest BCUT2D eigenvalue weighted by molar-refractivity contribution is 6.08. The van der Waals surface area contributed by atoms with E-state index in [2.05, 4.69) is 10.2 Å². The van der Waals surface area contributed by atoms with Gasteiger partial charge in [-0.1, -0.05) is 29.8 Å². The van der Waals surface area contributed by atoms with E-state index in [0.29, 0.717) is 24.2 Å². The molecule has 0 aliphatic rings. The van der Waals surface area contributed by atoms with E-state index >= 15 is 0 Å². The molecule has 0 radical (unpaired) electrons. The molecule has 0 spiro atoms. The molecule has 0 atom stereocenters. The lowest BCUT2D eigenvalue weighted by atomic mass is 10.1. The molecule has 0 aliphatic carbocycles. The molecule has 0 aliphatic heterocycles. The average Bonchev–Trinajstić information content (AvgIpc) is 2.99. The van der Waals surface area contributed by atoms with Crippen molar-refractivity contribution >= 4 is 5.78 Å². The number of hydrogen-bond acceptors (Lipinski definition) is 3. The van der Waals surface area contributed by atoms with E-state index in [0.717, 1.165) is 17.0 Å². The number of carbonyl (C=O) groups excluding carboxylic acids is 1. The van der Waals surface area contributed by atoms with Gasteiger partial charge in [-0.15, -0.1) is 0 Å². The zero-order valence-electron chi connectivity index (χ0n) is 13.7. The van der Waals surface area contributed by atoms with Crippen molar-refractivity contribution in [3.05, 3.63) is 87.1 Å². The molecule has 0 saturated carbocycles. The Morgan fingerprint density at radius 2 is 1.83 bits per heavy atom. The number of benzene rings is 1. The van der Waals surface area contributed by atoms with Gasteiger partial charge in [-0.05, 0) is 32.0 Å². The Hall–Kier alpha value is -2.95. The fourth-order valence-electron chi connectivity index (χ4n) is 2.75. The van der Waals surface area contributed by atoms with Crippen molar-refractivity contribution in [1.29, 1.82) is 0 Å². The van der Waals surface area contributed by atoms with E-state index in [1.54, 1.807) is 6.07 Å². The minimum atomic E-state index is -0.222. The number of nitrogens with one attached hydrogen (secondary N) is 1. The second-order valence-electron chi connectivity index (χ2n) is 5.74. The van der Waals surface area contributed by atoms with E-state index in [9.17, 15) is 9.59 Å². The Morgan fingerprint density at radius 1 is 1.08 bits per heavy atom. The zero-order valence-corrected chi connectivity index (χ0v) is 13.7. The van der Waals surface area contributed by atoms with Crippen LogP contribution in [0.2, 0.25) is 0 Å². The fourth-order valence-corrected chi connectivity index (χ4v) is 2.75. The molecule has 0 fully saturated rings. The Kier molecular flexibility index (Phi) is 4.42. The topological polar surface area (TPSA) is 67.8 Å². The molecule has 3 aromatic rings. The van der Waals surface area contributed by atoms with E-state index in [-0.39, 0.29) is 11.3 Å². The lowest BCUT2D eigenvalue weighted by Crippen LogP contribution is -2.13. The van der Waals surface area contributed by atoms with Crippen molar-refractivity contribution in [2.75, 3.05) is 0 Å². The number of aryl methyl sites for hydroxylation is 1. The van der Waals surface area contributed by atoms with Crippen molar-refractivity contribution < 1.29 is 4.79 Å². The molecule has 1 aromatic carbocycles. The highest BCUT2D eigenvalue weighted by Gasteiger charge is 2.16. The largest absolute Gasteiger partial charge is 0.342 e. The van der Waals surface area contributed by atoms with Crippen LogP contribution in [0.25, 0.3) is 0 Å². The summed E-state index contributed by atoms with van der Waals surface area (Å²) in [4.78, 5) is 23.9. The molecule has 5 nitrogen and oxygen atoms in total. The maximum Gasteiger partial charge on any atom is 0.264 e. The number of H-pyrrole nitrogens is 1. The minimum absolute atomic E-state index is 0.0116. The van der Waals surface area contributed by atoms with E-state index in [1.165, 1.54) is 6.07 Å². The Morgan fingerprint density at radius 3 is 2.46 bits per heavy atom. The lowest BCUT2D eigenvalue weighted by molar-refractivity contribution is 0.103. The van der Waals surface area contributed by atoms with Crippen molar-refractivity contribution in [3.63, 3.8) is 0 Å². The quantitative estimate of drug-likeness (QED) is 0.735. The number of rotatable bonds is 5. The first-order valence-corrected chi connectivity index (χ1v) is 7.93. The summed E-state index contributed by atoms with van der Waals surface area (Å²) in [6.45, 7) is 4.70. The number of nitrogens with zero attached hydrogens (tertiary/aromatic N) is 2. The average molecular weight is 321 g/mol. The van der Waals surface area contributed by atoms with Gasteiger partial charge in [-0.2, -0.15) is 5.10 Å². The van der Waals surface area contributed by atoms with Crippen LogP contribution in [0.5, 0.6) is 0 Å². The zero-order chi connectivity index (χ0) is 17.1. The molecule has 0 amide bonds. The molecule has 122 valence electrons. The van der Waals surface area contributed by atoms with Crippen LogP contribution in [0.3, 0.4) is 0 Å². The Bertz CT molecular complexity index is 900. The minimum Gasteiger partial charge on any atom is -0.342 e. The highest BCUT2D eigenvalue weighted by atomic mass is 16.1. The SMILES string of the molecule is CCn1c(Cc2ccc(=O)[nH]n2)ccc1C(=O)c1ccc(C)cc1. The van der Waals surface area contributed by atoms with Crippen molar-refractivity contribution in [2.24, 2.45) is 0 Å². The van der Waals surface area contributed by atoms with E-state index in [4.69, 9.17) is 0 Å². The smallest absolute Gasteiger partial charge is 0.264 e. The van der Waals surface area contributed by atoms with Crippen LogP contribution in [0.4, 0.5) is 0 Å². The normalized spacial score (nSPS) is 10.8. The van der Waals surface area contributed by atoms with Gasteiger partial charge in [0.25, 0.3) is 5.56 Å². The highest BCUT2D eigenvalue weighted by Crippen LogP contribution is 2.17. The first-order valence-electron chi connectivity index (χ1n) is 7.93. The second-order valence-corrected chi connectivity index (χ2v) is 5.74. The van der Waals surface area contributed by atoms with Crippen molar-refractivity contribution in [2.45, 2.75) is 26.8 Å². The van der Waals surface area contributed by atoms with Crippen LogP contribution in [0.1, 0.15) is 39.9 Å². The summed E-state index contributed by atoms with van der Waals surface area (Å²) in [5.41, 5.74) is 4.01. The fraction of sp³-hybridized carbons (Fsp3) is 0.211. The van der Waals surface area contributed by atoms with Crippen LogP contribution in [-0.2, 0) is 13.0 Å². The van der Waals surface area contributed by atoms with Gasteiger partial charge in [-0.25, -0.2) is 5.10 Å². The molecule has 3 rings (SSSR count). The van der Waals surface area contributed by atoms with E-state index in [1.807, 2.05) is 54.8 Å². The molecule has 2 aromatic heterocycles. The Balaban J connectivity index is 1.91. The number of carbonyl (C=O) groups is 1. The number of ketones is 1. The van der Waals surface area contributed by atoms with Gasteiger partial charge < -0.3 is 4.57 Å². The van der Waals surface area contributed by atoms with Crippen LogP contribution < -0.4 is 5.56 Å². The van der Waals surface area contributed by atoms with Crippen LogP contribution in [0, 0.1) is 6.92 Å². The molecule has 0 saturated heterocycles. The maximum absolute atomic E-state index is 12.8. The van der Waals surface area contributed by atoms with E-state index < -0.39 is 0 Å². The van der Waals surface area contributed by atoms with Gasteiger partial charge in [0, 0.05) is 30.3 Å². The third kappa shape index (κ3) is 3.20. The summed E-state index contributed by atoms with van der Waals surface area (Å²) < 4.78 is 2.00. The molecule has 5 heteroatoms. The van der Waals surface area contributed by atoms with Crippen LogP contribution >= 0.6 is 0 Å². The third-order valence-corrected chi connectivity index (χ3v) is 4.03. The van der Waals surface area contributed by atoms with Gasteiger partial charge in [0.05, 0.1) is 11.4 Å². The molecule has 0 bridgehead atoms. The summed E-state index contributed by atoms with van der Waals surface area (Å²) in [5.74, 6) is 0.0116. The monoisotopic (exact) mass is 321 g/mol. The van der Waals surface area contributed by atoms with Crippen LogP contribution in [0.15, 0.2) is 53.3 Å². The van der Waals surface area contributed by atoms with Gasteiger partial charge in [0.2, 0.25) is 5.78 Å². The summed E-state index contributed by atoms with van der Waals surface area (Å²) >= 11 is 0. The molecule has 0 unspecified atom stereocenters. The summed E-state index contributed by atoms with van der Waals surface area (Å²) in [6, 6.07) is 14.6. The first-order chi connectivity index (χ1) is 11.6. The molecule has 2 heterocycles. The molecule has 24 heavy (non-hydrogen) atoms. The second kappa shape index (κ2) is 6.66. The third-order valence-electron chi connectivity index (χ3n) is 4.03. The van der Waals surface area contributed by atoms with Gasteiger partial charge in [0.15, 0.2) is 0 Å². The Labute approximate surface area is 140 Å². The van der Waals surface area contributed by atoms with Gasteiger partial charge in [-0.3, -0.25) is 9.59 Å². The maximum atomic E-state index is 12.8. The predicted molar refractivity (Wildman–Crippen MR) is 92.4 cm³/mol. The molecular weight excluding hydrogens is 302 g/mol. The van der Waals surface area contributed by atoms with Gasteiger partial charge in [0.1, 0.15) is 0 Å². The van der Waals surface area contributed by atoms with Crippen molar-refractivity contribution in [3.8, 4) is 0 Å². The summed E-state index contributed by atoms with van der Waals surface area (Å²) in [5, 5.41) is 6.47. The number of hydrogen-bond donors (Lipinski definition) is 1. The van der Waals surface area contributed by atoms with Gasteiger partial charge >= 0.3 is 0 Å². The number of aromatic nitrogens is 3. The number of aromatic amines is 1. The summed E-state index contributed by atoms with van der Waals surface area (Å²) in [7, 11) is 0.